The maximum absolute atomic E-state index is 12.3. The molecular weight excluding hydrogens is 403 g/mol. The van der Waals surface area contributed by atoms with E-state index >= 15 is 0 Å². The predicted molar refractivity (Wildman–Crippen MR) is 110 cm³/mol. The van der Waals surface area contributed by atoms with Gasteiger partial charge in [0.1, 0.15) is 16.4 Å². The maximum atomic E-state index is 12.3. The van der Waals surface area contributed by atoms with E-state index in [9.17, 15) is 4.79 Å². The summed E-state index contributed by atoms with van der Waals surface area (Å²) in [6, 6.07) is 12.2. The fraction of sp³-hybridized carbons (Fsp3) is 0.105. The Kier molecular flexibility index (Phi) is 6.52. The lowest BCUT2D eigenvalue weighted by atomic mass is 10.2. The summed E-state index contributed by atoms with van der Waals surface area (Å²) in [5, 5.41) is 7.71. The first kappa shape index (κ1) is 19.7. The van der Waals surface area contributed by atoms with Crippen molar-refractivity contribution in [2.24, 2.45) is 5.10 Å². The van der Waals surface area contributed by atoms with Gasteiger partial charge in [0.25, 0.3) is 0 Å². The molecule has 0 aliphatic carbocycles. The van der Waals surface area contributed by atoms with Crippen LogP contribution in [0.5, 0.6) is 0 Å². The number of ether oxygens (including phenoxy) is 1. The summed E-state index contributed by atoms with van der Waals surface area (Å²) < 4.78 is 10.8. The minimum absolute atomic E-state index is 0.0813. The van der Waals surface area contributed by atoms with Crippen molar-refractivity contribution in [2.45, 2.75) is 6.92 Å². The molecule has 0 unspecified atom stereocenters. The number of hydrogen-bond acceptors (Lipinski definition) is 7. The lowest BCUT2D eigenvalue weighted by molar-refractivity contribution is 0.0527. The molecule has 3 rings (SSSR count). The van der Waals surface area contributed by atoms with Gasteiger partial charge in [0.2, 0.25) is 5.88 Å². The lowest BCUT2D eigenvalue weighted by Crippen LogP contribution is -2.06. The number of esters is 1. The van der Waals surface area contributed by atoms with Gasteiger partial charge in [0.15, 0.2) is 5.76 Å². The molecule has 0 saturated carbocycles. The fourth-order valence-electron chi connectivity index (χ4n) is 2.24. The Morgan fingerprint density at radius 1 is 1.25 bits per heavy atom. The van der Waals surface area contributed by atoms with Gasteiger partial charge in [-0.05, 0) is 43.3 Å². The maximum Gasteiger partial charge on any atom is 0.345 e. The van der Waals surface area contributed by atoms with Gasteiger partial charge in [-0.1, -0.05) is 29.3 Å². The van der Waals surface area contributed by atoms with E-state index in [0.29, 0.717) is 16.5 Å². The second kappa shape index (κ2) is 9.25. The number of benzene rings is 1. The number of hydrogen-bond donors (Lipinski definition) is 2. The van der Waals surface area contributed by atoms with Crippen LogP contribution < -0.4 is 10.7 Å². The molecule has 0 aliphatic heterocycles. The molecule has 9 heteroatoms. The highest BCUT2D eigenvalue weighted by Crippen LogP contribution is 2.34. The zero-order valence-corrected chi connectivity index (χ0v) is 16.3. The number of carbonyl (C=O) groups is 1. The first-order valence-electron chi connectivity index (χ1n) is 8.30. The first-order valence-corrected chi connectivity index (χ1v) is 9.06. The van der Waals surface area contributed by atoms with Crippen LogP contribution in [0.1, 0.15) is 23.0 Å². The van der Waals surface area contributed by atoms with Crippen molar-refractivity contribution >= 4 is 52.8 Å². The van der Waals surface area contributed by atoms with E-state index in [1.54, 1.807) is 49.5 Å². The number of halogens is 2. The SMILES string of the molecule is CCOC(=O)c1c(Nc2ccc(Cl)cc2)oc(/C=N/Nc2ccccn2)c1Cl. The Balaban J connectivity index is 1.88. The largest absolute Gasteiger partial charge is 0.462 e. The quantitative estimate of drug-likeness (QED) is 0.305. The van der Waals surface area contributed by atoms with Crippen LogP contribution in [0.3, 0.4) is 0 Å². The second-order valence-corrected chi connectivity index (χ2v) is 6.24. The second-order valence-electron chi connectivity index (χ2n) is 5.42. The molecule has 0 bridgehead atoms. The van der Waals surface area contributed by atoms with Gasteiger partial charge < -0.3 is 14.5 Å². The average molecular weight is 419 g/mol. The number of pyridine rings is 1. The molecule has 0 fully saturated rings. The Hall–Kier alpha value is -3.03. The number of anilines is 3. The number of carbonyl (C=O) groups excluding carboxylic acids is 1. The van der Waals surface area contributed by atoms with Crippen molar-refractivity contribution in [2.75, 3.05) is 17.3 Å². The Morgan fingerprint density at radius 2 is 2.04 bits per heavy atom. The summed E-state index contributed by atoms with van der Waals surface area (Å²) in [5.41, 5.74) is 3.49. The molecule has 2 aromatic heterocycles. The molecule has 0 atom stereocenters. The smallest absolute Gasteiger partial charge is 0.345 e. The van der Waals surface area contributed by atoms with E-state index in [1.165, 1.54) is 6.21 Å². The van der Waals surface area contributed by atoms with Crippen molar-refractivity contribution in [3.05, 3.63) is 70.0 Å². The summed E-state index contributed by atoms with van der Waals surface area (Å²) in [6.45, 7) is 1.91. The highest BCUT2D eigenvalue weighted by Gasteiger charge is 2.25. The van der Waals surface area contributed by atoms with Gasteiger partial charge in [-0.2, -0.15) is 5.10 Å². The van der Waals surface area contributed by atoms with Crippen molar-refractivity contribution < 1.29 is 13.9 Å². The summed E-state index contributed by atoms with van der Waals surface area (Å²) in [4.78, 5) is 16.4. The van der Waals surface area contributed by atoms with Gasteiger partial charge in [-0.3, -0.25) is 5.43 Å². The lowest BCUT2D eigenvalue weighted by Gasteiger charge is -2.06. The number of nitrogens with one attached hydrogen (secondary N) is 2. The standard InChI is InChI=1S/C19H16Cl2N4O3/c1-2-27-19(26)16-17(21)14(11-23-25-15-5-3-4-10-22-15)28-18(16)24-13-8-6-12(20)7-9-13/h3-11,24H,2H2,1H3,(H,22,25)/b23-11+. The zero-order chi connectivity index (χ0) is 19.9. The van der Waals surface area contributed by atoms with Crippen LogP contribution in [0.2, 0.25) is 10.0 Å². The number of aromatic nitrogens is 1. The summed E-state index contributed by atoms with van der Waals surface area (Å²) in [5.74, 6) is 0.270. The van der Waals surface area contributed by atoms with Crippen LogP contribution in [0.15, 0.2) is 58.2 Å². The van der Waals surface area contributed by atoms with Crippen molar-refractivity contribution in [1.82, 2.24) is 4.98 Å². The van der Waals surface area contributed by atoms with E-state index in [2.05, 4.69) is 20.8 Å². The molecule has 0 amide bonds. The molecule has 0 spiro atoms. The molecular formula is C19H16Cl2N4O3. The third kappa shape index (κ3) is 4.82. The van der Waals surface area contributed by atoms with Crippen molar-refractivity contribution in [3.63, 3.8) is 0 Å². The van der Waals surface area contributed by atoms with E-state index < -0.39 is 5.97 Å². The number of furan rings is 1. The molecule has 0 radical (unpaired) electrons. The van der Waals surface area contributed by atoms with Crippen molar-refractivity contribution in [1.29, 1.82) is 0 Å². The third-order valence-corrected chi connectivity index (χ3v) is 4.11. The summed E-state index contributed by atoms with van der Waals surface area (Å²) in [7, 11) is 0. The van der Waals surface area contributed by atoms with E-state index in [1.807, 2.05) is 6.07 Å². The molecule has 7 nitrogen and oxygen atoms in total. The topological polar surface area (TPSA) is 88.8 Å². The van der Waals surface area contributed by atoms with Gasteiger partial charge in [0, 0.05) is 16.9 Å². The predicted octanol–water partition coefficient (Wildman–Crippen LogP) is 5.35. The highest BCUT2D eigenvalue weighted by molar-refractivity contribution is 6.36. The van der Waals surface area contributed by atoms with Crippen LogP contribution in [-0.2, 0) is 4.74 Å². The highest BCUT2D eigenvalue weighted by atomic mass is 35.5. The molecule has 28 heavy (non-hydrogen) atoms. The fourth-order valence-corrected chi connectivity index (χ4v) is 2.61. The molecule has 0 saturated heterocycles. The monoisotopic (exact) mass is 418 g/mol. The van der Waals surface area contributed by atoms with Gasteiger partial charge in [0.05, 0.1) is 12.8 Å². The minimum Gasteiger partial charge on any atom is -0.462 e. The van der Waals surface area contributed by atoms with Crippen LogP contribution >= 0.6 is 23.2 Å². The Morgan fingerprint density at radius 3 is 2.71 bits per heavy atom. The molecule has 1 aromatic carbocycles. The van der Waals surface area contributed by atoms with Crippen LogP contribution in [0.25, 0.3) is 0 Å². The molecule has 0 aliphatic rings. The first-order chi connectivity index (χ1) is 13.6. The van der Waals surface area contributed by atoms with Crippen LogP contribution in [0, 0.1) is 0 Å². The van der Waals surface area contributed by atoms with Crippen molar-refractivity contribution in [3.8, 4) is 0 Å². The van der Waals surface area contributed by atoms with Crippen LogP contribution in [0.4, 0.5) is 17.4 Å². The number of rotatable bonds is 7. The summed E-state index contributed by atoms with van der Waals surface area (Å²) >= 11 is 12.2. The van der Waals surface area contributed by atoms with Gasteiger partial charge in [-0.25, -0.2) is 9.78 Å². The minimum atomic E-state index is -0.606. The van der Waals surface area contributed by atoms with E-state index in [0.717, 1.165) is 0 Å². The third-order valence-electron chi connectivity index (χ3n) is 3.48. The normalized spacial score (nSPS) is 10.8. The number of nitrogens with zero attached hydrogens (tertiary/aromatic N) is 2. The Labute approximate surface area is 171 Å². The molecule has 2 heterocycles. The number of hydrazone groups is 1. The average Bonchev–Trinajstić information content (AvgIpc) is 3.00. The van der Waals surface area contributed by atoms with E-state index in [-0.39, 0.29) is 28.8 Å². The van der Waals surface area contributed by atoms with Gasteiger partial charge >= 0.3 is 5.97 Å². The van der Waals surface area contributed by atoms with Crippen LogP contribution in [-0.4, -0.2) is 23.8 Å². The Bertz CT molecular complexity index is 973. The van der Waals surface area contributed by atoms with E-state index in [4.69, 9.17) is 32.4 Å². The molecule has 2 N–H and O–H groups in total. The zero-order valence-electron chi connectivity index (χ0n) is 14.8. The molecule has 144 valence electrons. The molecule has 3 aromatic rings. The van der Waals surface area contributed by atoms with Gasteiger partial charge in [-0.15, -0.1) is 0 Å². The summed E-state index contributed by atoms with van der Waals surface area (Å²) in [6.07, 6.45) is 2.98.